The number of fused-ring (bicyclic) bond motifs is 1. The molecule has 2 atom stereocenters. The van der Waals surface area contributed by atoms with Crippen molar-refractivity contribution >= 4 is 17.2 Å². The van der Waals surface area contributed by atoms with Crippen molar-refractivity contribution in [1.82, 2.24) is 4.90 Å². The molecule has 2 unspecified atom stereocenters. The van der Waals surface area contributed by atoms with Gasteiger partial charge in [0.2, 0.25) is 0 Å². The molecule has 1 aliphatic heterocycles. The lowest BCUT2D eigenvalue weighted by molar-refractivity contribution is 0.0785. The fraction of sp³-hybridized carbons (Fsp3) is 0.583. The van der Waals surface area contributed by atoms with Gasteiger partial charge in [-0.15, -0.1) is 11.3 Å². The normalized spacial score (nSPS) is 29.5. The van der Waals surface area contributed by atoms with Gasteiger partial charge in [0.25, 0.3) is 5.91 Å². The van der Waals surface area contributed by atoms with E-state index in [0.717, 1.165) is 29.8 Å². The summed E-state index contributed by atoms with van der Waals surface area (Å²) in [6.45, 7) is 2.00. The molecule has 1 amide bonds. The summed E-state index contributed by atoms with van der Waals surface area (Å²) < 4.78 is 0. The lowest BCUT2D eigenvalue weighted by Crippen LogP contribution is -2.28. The Labute approximate surface area is 93.9 Å². The minimum atomic E-state index is 0.249. The van der Waals surface area contributed by atoms with Crippen molar-refractivity contribution < 1.29 is 4.79 Å². The van der Waals surface area contributed by atoms with Gasteiger partial charge in [-0.25, -0.2) is 0 Å². The number of thiophene rings is 1. The number of hydrogen-bond acceptors (Lipinski definition) is 2. The molecule has 1 aliphatic carbocycles. The zero-order chi connectivity index (χ0) is 10.3. The second-order valence-electron chi connectivity index (χ2n) is 4.64. The maximum absolute atomic E-state index is 12.1. The number of rotatable bonds is 1. The zero-order valence-corrected chi connectivity index (χ0v) is 9.50. The van der Waals surface area contributed by atoms with Gasteiger partial charge in [-0.2, -0.15) is 0 Å². The summed E-state index contributed by atoms with van der Waals surface area (Å²) in [5.74, 6) is 1.85. The fourth-order valence-corrected chi connectivity index (χ4v) is 3.65. The molecule has 1 aromatic heterocycles. The summed E-state index contributed by atoms with van der Waals surface area (Å²) in [7, 11) is 0. The van der Waals surface area contributed by atoms with E-state index in [2.05, 4.69) is 4.90 Å². The predicted molar refractivity (Wildman–Crippen MR) is 61.1 cm³/mol. The molecule has 0 radical (unpaired) electrons. The molecule has 1 aromatic rings. The van der Waals surface area contributed by atoms with Gasteiger partial charge in [-0.05, 0) is 36.1 Å². The van der Waals surface area contributed by atoms with Gasteiger partial charge in [-0.1, -0.05) is 12.5 Å². The van der Waals surface area contributed by atoms with E-state index in [-0.39, 0.29) is 5.91 Å². The van der Waals surface area contributed by atoms with Crippen molar-refractivity contribution in [2.45, 2.75) is 19.3 Å². The molecule has 3 heteroatoms. The van der Waals surface area contributed by atoms with Gasteiger partial charge < -0.3 is 4.90 Å². The van der Waals surface area contributed by atoms with Gasteiger partial charge in [0, 0.05) is 13.1 Å². The smallest absolute Gasteiger partial charge is 0.263 e. The molecule has 0 spiro atoms. The van der Waals surface area contributed by atoms with E-state index in [1.807, 2.05) is 17.5 Å². The molecule has 0 bridgehead atoms. The summed E-state index contributed by atoms with van der Waals surface area (Å²) in [6.07, 6.45) is 4.04. The first-order valence-electron chi connectivity index (χ1n) is 5.67. The third-order valence-electron chi connectivity index (χ3n) is 3.75. The van der Waals surface area contributed by atoms with E-state index in [0.29, 0.717) is 0 Å². The van der Waals surface area contributed by atoms with Gasteiger partial charge in [0.15, 0.2) is 0 Å². The standard InChI is InChI=1S/C12H15NOS/c14-12(11-5-2-6-15-11)13-7-9-3-1-4-10(9)8-13/h2,5-6,9-10H,1,3-4,7-8H2. The monoisotopic (exact) mass is 221 g/mol. The Morgan fingerprint density at radius 3 is 2.67 bits per heavy atom. The Balaban J connectivity index is 1.72. The van der Waals surface area contributed by atoms with Crippen LogP contribution in [0.3, 0.4) is 0 Å². The number of carbonyl (C=O) groups excluding carboxylic acids is 1. The van der Waals surface area contributed by atoms with Gasteiger partial charge in [-0.3, -0.25) is 4.79 Å². The number of nitrogens with zero attached hydrogens (tertiary/aromatic N) is 1. The van der Waals surface area contributed by atoms with E-state index >= 15 is 0 Å². The van der Waals surface area contributed by atoms with Crippen LogP contribution in [0, 0.1) is 11.8 Å². The average molecular weight is 221 g/mol. The Bertz CT molecular complexity index is 348. The number of hydrogen-bond donors (Lipinski definition) is 0. The van der Waals surface area contributed by atoms with Crippen molar-refractivity contribution in [3.63, 3.8) is 0 Å². The summed E-state index contributed by atoms with van der Waals surface area (Å²) in [5, 5.41) is 1.98. The Morgan fingerprint density at radius 2 is 2.07 bits per heavy atom. The van der Waals surface area contributed by atoms with Crippen molar-refractivity contribution in [3.05, 3.63) is 22.4 Å². The van der Waals surface area contributed by atoms with Crippen LogP contribution in [0.2, 0.25) is 0 Å². The van der Waals surface area contributed by atoms with E-state index in [1.165, 1.54) is 19.3 Å². The van der Waals surface area contributed by atoms with E-state index in [4.69, 9.17) is 0 Å². The van der Waals surface area contributed by atoms with Crippen molar-refractivity contribution in [3.8, 4) is 0 Å². The van der Waals surface area contributed by atoms with Crippen LogP contribution < -0.4 is 0 Å². The molecule has 2 nitrogen and oxygen atoms in total. The molecule has 2 aliphatic rings. The average Bonchev–Trinajstić information content (AvgIpc) is 2.92. The highest BCUT2D eigenvalue weighted by molar-refractivity contribution is 7.12. The van der Waals surface area contributed by atoms with Crippen molar-refractivity contribution in [1.29, 1.82) is 0 Å². The first-order chi connectivity index (χ1) is 7.34. The number of likely N-dealkylation sites (tertiary alicyclic amines) is 1. The second kappa shape index (κ2) is 3.63. The van der Waals surface area contributed by atoms with Crippen LogP contribution >= 0.6 is 11.3 Å². The third kappa shape index (κ3) is 1.59. The number of carbonyl (C=O) groups is 1. The summed E-state index contributed by atoms with van der Waals surface area (Å²) >= 11 is 1.55. The lowest BCUT2D eigenvalue weighted by atomic mass is 10.0. The van der Waals surface area contributed by atoms with E-state index in [9.17, 15) is 4.79 Å². The molecule has 2 heterocycles. The molecule has 80 valence electrons. The summed E-state index contributed by atoms with van der Waals surface area (Å²) in [6, 6.07) is 3.88. The van der Waals surface area contributed by atoms with E-state index in [1.54, 1.807) is 11.3 Å². The first kappa shape index (κ1) is 9.40. The Kier molecular flexibility index (Phi) is 2.28. The van der Waals surface area contributed by atoms with Crippen LogP contribution in [0.4, 0.5) is 0 Å². The van der Waals surface area contributed by atoms with Crippen molar-refractivity contribution in [2.24, 2.45) is 11.8 Å². The molecule has 3 rings (SSSR count). The zero-order valence-electron chi connectivity index (χ0n) is 8.69. The summed E-state index contributed by atoms with van der Waals surface area (Å²) in [4.78, 5) is 15.0. The molecule has 2 fully saturated rings. The maximum Gasteiger partial charge on any atom is 0.263 e. The highest BCUT2D eigenvalue weighted by Crippen LogP contribution is 2.38. The van der Waals surface area contributed by atoms with Crippen LogP contribution in [-0.4, -0.2) is 23.9 Å². The van der Waals surface area contributed by atoms with Gasteiger partial charge in [0.1, 0.15) is 0 Å². The fourth-order valence-electron chi connectivity index (χ4n) is 2.96. The molecule has 1 saturated heterocycles. The predicted octanol–water partition coefficient (Wildman–Crippen LogP) is 2.62. The molecular formula is C12H15NOS. The minimum Gasteiger partial charge on any atom is -0.337 e. The Hall–Kier alpha value is -0.830. The van der Waals surface area contributed by atoms with Crippen LogP contribution in [0.15, 0.2) is 17.5 Å². The van der Waals surface area contributed by atoms with Gasteiger partial charge in [0.05, 0.1) is 4.88 Å². The summed E-state index contributed by atoms with van der Waals surface area (Å²) in [5.41, 5.74) is 0. The molecule has 0 N–H and O–H groups in total. The number of amides is 1. The molecule has 0 aromatic carbocycles. The second-order valence-corrected chi connectivity index (χ2v) is 5.59. The highest BCUT2D eigenvalue weighted by atomic mass is 32.1. The highest BCUT2D eigenvalue weighted by Gasteiger charge is 2.38. The van der Waals surface area contributed by atoms with Crippen LogP contribution in [0.1, 0.15) is 28.9 Å². The van der Waals surface area contributed by atoms with Crippen LogP contribution in [-0.2, 0) is 0 Å². The largest absolute Gasteiger partial charge is 0.337 e. The Morgan fingerprint density at radius 1 is 1.33 bits per heavy atom. The van der Waals surface area contributed by atoms with Gasteiger partial charge >= 0.3 is 0 Å². The lowest BCUT2D eigenvalue weighted by Gasteiger charge is -2.15. The van der Waals surface area contributed by atoms with Crippen LogP contribution in [0.5, 0.6) is 0 Å². The van der Waals surface area contributed by atoms with E-state index < -0.39 is 0 Å². The minimum absolute atomic E-state index is 0.249. The maximum atomic E-state index is 12.1. The molecule has 1 saturated carbocycles. The quantitative estimate of drug-likeness (QED) is 0.714. The van der Waals surface area contributed by atoms with Crippen molar-refractivity contribution in [2.75, 3.05) is 13.1 Å². The topological polar surface area (TPSA) is 20.3 Å². The third-order valence-corrected chi connectivity index (χ3v) is 4.60. The SMILES string of the molecule is O=C(c1cccs1)N1CC2CCCC2C1. The molecule has 15 heavy (non-hydrogen) atoms. The molecular weight excluding hydrogens is 206 g/mol. The van der Waals surface area contributed by atoms with Crippen LogP contribution in [0.25, 0.3) is 0 Å². The first-order valence-corrected chi connectivity index (χ1v) is 6.55.